The van der Waals surface area contributed by atoms with E-state index in [0.717, 1.165) is 16.9 Å². The number of benzene rings is 1. The maximum atomic E-state index is 4.57. The molecule has 4 aromatic rings. The zero-order chi connectivity index (χ0) is 17.4. The monoisotopic (exact) mass is 332 g/mol. The molecule has 1 aromatic carbocycles. The second-order valence-electron chi connectivity index (χ2n) is 5.71. The summed E-state index contributed by atoms with van der Waals surface area (Å²) in [6, 6.07) is 9.78. The number of nitrogens with one attached hydrogen (secondary N) is 1. The van der Waals surface area contributed by atoms with E-state index in [1.54, 1.807) is 16.8 Å². The molecule has 0 amide bonds. The fraction of sp³-hybridized carbons (Fsp3) is 0.176. The minimum atomic E-state index is 0.478. The first-order valence-corrected chi connectivity index (χ1v) is 7.84. The molecule has 3 heterocycles. The zero-order valence-electron chi connectivity index (χ0n) is 14.1. The summed E-state index contributed by atoms with van der Waals surface area (Å²) in [5.41, 5.74) is 4.22. The van der Waals surface area contributed by atoms with Gasteiger partial charge in [0.05, 0.1) is 11.4 Å². The molecule has 0 aliphatic carbocycles. The van der Waals surface area contributed by atoms with Crippen LogP contribution in [-0.2, 0) is 0 Å². The zero-order valence-corrected chi connectivity index (χ0v) is 14.1. The number of aromatic nitrogens is 7. The molecule has 0 spiro atoms. The number of aryl methyl sites for hydroxylation is 3. The average molecular weight is 332 g/mol. The molecule has 0 aliphatic rings. The maximum Gasteiger partial charge on any atom is 0.272 e. The summed E-state index contributed by atoms with van der Waals surface area (Å²) in [4.78, 5) is 13.1. The number of rotatable bonds is 3. The summed E-state index contributed by atoms with van der Waals surface area (Å²) in [7, 11) is 0. The predicted molar refractivity (Wildman–Crippen MR) is 93.5 cm³/mol. The Morgan fingerprint density at radius 2 is 1.80 bits per heavy atom. The standard InChI is InChI=1S/C17H16N8/c1-10-6-4-5-7-13(10)20-16-18-9-8-14(21-16)15-11(2)25-17(23-22-15)19-12(3)24-25/h4-9H,1-3H3,(H,18,20,21). The molecule has 0 saturated heterocycles. The van der Waals surface area contributed by atoms with Crippen LogP contribution in [0.15, 0.2) is 36.5 Å². The van der Waals surface area contributed by atoms with Gasteiger partial charge in [0.2, 0.25) is 5.95 Å². The molecule has 0 unspecified atom stereocenters. The first-order valence-electron chi connectivity index (χ1n) is 7.84. The minimum absolute atomic E-state index is 0.478. The summed E-state index contributed by atoms with van der Waals surface area (Å²) in [6.45, 7) is 5.77. The first kappa shape index (κ1) is 15.1. The van der Waals surface area contributed by atoms with Gasteiger partial charge in [0, 0.05) is 11.9 Å². The Morgan fingerprint density at radius 1 is 0.960 bits per heavy atom. The normalized spacial score (nSPS) is 11.0. The third kappa shape index (κ3) is 2.78. The summed E-state index contributed by atoms with van der Waals surface area (Å²) in [6.07, 6.45) is 1.70. The van der Waals surface area contributed by atoms with Gasteiger partial charge >= 0.3 is 0 Å². The van der Waals surface area contributed by atoms with Crippen molar-refractivity contribution in [1.29, 1.82) is 0 Å². The fourth-order valence-electron chi connectivity index (χ4n) is 2.58. The van der Waals surface area contributed by atoms with Crippen molar-refractivity contribution in [2.24, 2.45) is 0 Å². The van der Waals surface area contributed by atoms with Crippen LogP contribution >= 0.6 is 0 Å². The van der Waals surface area contributed by atoms with E-state index in [-0.39, 0.29) is 0 Å². The molecule has 0 radical (unpaired) electrons. The second kappa shape index (κ2) is 5.90. The smallest absolute Gasteiger partial charge is 0.272 e. The highest BCUT2D eigenvalue weighted by Gasteiger charge is 2.13. The van der Waals surface area contributed by atoms with Crippen LogP contribution in [0.3, 0.4) is 0 Å². The SMILES string of the molecule is Cc1nc2nnc(-c3ccnc(Nc4ccccc4C)n3)c(C)n2n1. The summed E-state index contributed by atoms with van der Waals surface area (Å²) >= 11 is 0. The van der Waals surface area contributed by atoms with Gasteiger partial charge in [0.25, 0.3) is 5.78 Å². The third-order valence-corrected chi connectivity index (χ3v) is 3.89. The van der Waals surface area contributed by atoms with Gasteiger partial charge in [-0.1, -0.05) is 18.2 Å². The molecular formula is C17H16N8. The molecule has 8 nitrogen and oxygen atoms in total. The van der Waals surface area contributed by atoms with Gasteiger partial charge in [-0.15, -0.1) is 15.3 Å². The van der Waals surface area contributed by atoms with Crippen LogP contribution in [0.1, 0.15) is 17.1 Å². The molecule has 0 atom stereocenters. The molecule has 8 heteroatoms. The lowest BCUT2D eigenvalue weighted by molar-refractivity contribution is 0.841. The first-order chi connectivity index (χ1) is 12.1. The topological polar surface area (TPSA) is 93.8 Å². The maximum absolute atomic E-state index is 4.57. The largest absolute Gasteiger partial charge is 0.324 e. The van der Waals surface area contributed by atoms with Crippen molar-refractivity contribution < 1.29 is 0 Å². The van der Waals surface area contributed by atoms with Gasteiger partial charge in [-0.05, 0) is 38.5 Å². The fourth-order valence-corrected chi connectivity index (χ4v) is 2.58. The Bertz CT molecular complexity index is 1070. The molecule has 0 saturated carbocycles. The van der Waals surface area contributed by atoms with Crippen molar-refractivity contribution in [3.63, 3.8) is 0 Å². The van der Waals surface area contributed by atoms with Crippen LogP contribution < -0.4 is 5.32 Å². The van der Waals surface area contributed by atoms with Crippen molar-refractivity contribution >= 4 is 17.4 Å². The number of para-hydroxylation sites is 1. The molecule has 1 N–H and O–H groups in total. The van der Waals surface area contributed by atoms with Crippen molar-refractivity contribution in [1.82, 2.24) is 34.8 Å². The summed E-state index contributed by atoms with van der Waals surface area (Å²) < 4.78 is 1.67. The van der Waals surface area contributed by atoms with E-state index in [2.05, 4.69) is 35.6 Å². The molecule has 25 heavy (non-hydrogen) atoms. The molecule has 0 bridgehead atoms. The van der Waals surface area contributed by atoms with Gasteiger partial charge < -0.3 is 5.32 Å². The number of anilines is 2. The van der Waals surface area contributed by atoms with Gasteiger partial charge in [-0.2, -0.15) is 9.50 Å². The van der Waals surface area contributed by atoms with Crippen LogP contribution in [0, 0.1) is 20.8 Å². The third-order valence-electron chi connectivity index (χ3n) is 3.89. The molecule has 4 rings (SSSR count). The van der Waals surface area contributed by atoms with Gasteiger partial charge in [0.15, 0.2) is 0 Å². The van der Waals surface area contributed by atoms with E-state index < -0.39 is 0 Å². The minimum Gasteiger partial charge on any atom is -0.324 e. The van der Waals surface area contributed by atoms with E-state index >= 15 is 0 Å². The molecule has 0 aliphatic heterocycles. The lowest BCUT2D eigenvalue weighted by Crippen LogP contribution is -2.05. The van der Waals surface area contributed by atoms with E-state index in [9.17, 15) is 0 Å². The number of fused-ring (bicyclic) bond motifs is 1. The highest BCUT2D eigenvalue weighted by molar-refractivity contribution is 5.62. The molecule has 124 valence electrons. The van der Waals surface area contributed by atoms with Crippen LogP contribution in [0.4, 0.5) is 11.6 Å². The Labute approximate surface area is 144 Å². The van der Waals surface area contributed by atoms with Crippen LogP contribution in [0.5, 0.6) is 0 Å². The predicted octanol–water partition coefficient (Wildman–Crippen LogP) is 2.65. The quantitative estimate of drug-likeness (QED) is 0.616. The second-order valence-corrected chi connectivity index (χ2v) is 5.71. The molecular weight excluding hydrogens is 316 g/mol. The Morgan fingerprint density at radius 3 is 2.64 bits per heavy atom. The molecule has 3 aromatic heterocycles. The lowest BCUT2D eigenvalue weighted by atomic mass is 10.2. The van der Waals surface area contributed by atoms with Crippen molar-refractivity contribution in [3.8, 4) is 11.4 Å². The van der Waals surface area contributed by atoms with Crippen molar-refractivity contribution in [3.05, 3.63) is 53.6 Å². The Kier molecular flexibility index (Phi) is 3.57. The highest BCUT2D eigenvalue weighted by Crippen LogP contribution is 2.21. The van der Waals surface area contributed by atoms with Gasteiger partial charge in [0.1, 0.15) is 11.5 Å². The summed E-state index contributed by atoms with van der Waals surface area (Å²) in [5, 5.41) is 16.0. The Balaban J connectivity index is 1.74. The molecule has 0 fully saturated rings. The van der Waals surface area contributed by atoms with E-state index in [4.69, 9.17) is 0 Å². The summed E-state index contributed by atoms with van der Waals surface area (Å²) in [5.74, 6) is 1.63. The van der Waals surface area contributed by atoms with Crippen LogP contribution in [0.2, 0.25) is 0 Å². The van der Waals surface area contributed by atoms with E-state index in [1.807, 2.05) is 45.0 Å². The number of nitrogens with zero attached hydrogens (tertiary/aromatic N) is 7. The van der Waals surface area contributed by atoms with Gasteiger partial charge in [-0.25, -0.2) is 9.97 Å². The lowest BCUT2D eigenvalue weighted by Gasteiger charge is -2.09. The van der Waals surface area contributed by atoms with Crippen molar-refractivity contribution in [2.45, 2.75) is 20.8 Å². The number of hydrogen-bond donors (Lipinski definition) is 1. The van der Waals surface area contributed by atoms with E-state index in [0.29, 0.717) is 28.9 Å². The number of hydrogen-bond acceptors (Lipinski definition) is 7. The van der Waals surface area contributed by atoms with Gasteiger partial charge in [-0.3, -0.25) is 0 Å². The van der Waals surface area contributed by atoms with Crippen LogP contribution in [0.25, 0.3) is 17.2 Å². The average Bonchev–Trinajstić information content (AvgIpc) is 2.99. The highest BCUT2D eigenvalue weighted by atomic mass is 15.4. The van der Waals surface area contributed by atoms with E-state index in [1.165, 1.54) is 0 Å². The van der Waals surface area contributed by atoms with Crippen LogP contribution in [-0.4, -0.2) is 34.8 Å². The van der Waals surface area contributed by atoms with Crippen molar-refractivity contribution in [2.75, 3.05) is 5.32 Å². The Hall–Kier alpha value is -3.42.